The van der Waals surface area contributed by atoms with Crippen molar-refractivity contribution in [2.45, 2.75) is 45.3 Å². The predicted octanol–water partition coefficient (Wildman–Crippen LogP) is 2.79. The number of nitrogens with one attached hydrogen (secondary N) is 1. The number of rotatable bonds is 4. The second-order valence-corrected chi connectivity index (χ2v) is 6.47. The van der Waals surface area contributed by atoms with Gasteiger partial charge >= 0.3 is 0 Å². The van der Waals surface area contributed by atoms with E-state index in [1.165, 1.54) is 5.56 Å². The van der Waals surface area contributed by atoms with Crippen LogP contribution in [0.25, 0.3) is 0 Å². The normalized spacial score (nSPS) is 28.1. The summed E-state index contributed by atoms with van der Waals surface area (Å²) < 4.78 is 5.57. The third-order valence-electron chi connectivity index (χ3n) is 4.44. The van der Waals surface area contributed by atoms with Gasteiger partial charge in [-0.2, -0.15) is 0 Å². The Bertz CT molecular complexity index is 480. The molecule has 1 aromatic rings. The standard InChI is InChI=1S/C17H23NO2/c1-11(2)9-12-3-5-13(6-4-12)17(19)18-15-10-16-14(15)7-8-20-16/h3-6,11,14-16H,7-10H2,1-2H3,(H,18,19)/t14-,15+,16+/m0/s1. The summed E-state index contributed by atoms with van der Waals surface area (Å²) in [6.07, 6.45) is 3.52. The first-order valence-corrected chi connectivity index (χ1v) is 7.65. The average Bonchev–Trinajstić information content (AvgIpc) is 2.77. The SMILES string of the molecule is CC(C)Cc1ccc(C(=O)N[C@@H]2C[C@H]3OCC[C@@H]23)cc1. The Balaban J connectivity index is 1.57. The monoisotopic (exact) mass is 273 g/mol. The molecule has 20 heavy (non-hydrogen) atoms. The van der Waals surface area contributed by atoms with Crippen molar-refractivity contribution in [2.75, 3.05) is 6.61 Å². The highest BCUT2D eigenvalue weighted by atomic mass is 16.5. The lowest BCUT2D eigenvalue weighted by Crippen LogP contribution is -2.53. The highest BCUT2D eigenvalue weighted by Crippen LogP contribution is 2.38. The summed E-state index contributed by atoms with van der Waals surface area (Å²) in [7, 11) is 0. The quantitative estimate of drug-likeness (QED) is 0.916. The summed E-state index contributed by atoms with van der Waals surface area (Å²) in [6, 6.07) is 8.32. The third kappa shape index (κ3) is 2.73. The van der Waals surface area contributed by atoms with Crippen LogP contribution in [0, 0.1) is 11.8 Å². The molecule has 0 unspecified atom stereocenters. The maximum atomic E-state index is 12.2. The van der Waals surface area contributed by atoms with Gasteiger partial charge in [0.15, 0.2) is 0 Å². The molecule has 1 heterocycles. The molecule has 0 aromatic heterocycles. The van der Waals surface area contributed by atoms with Crippen LogP contribution in [0.5, 0.6) is 0 Å². The van der Waals surface area contributed by atoms with Crippen LogP contribution < -0.4 is 5.32 Å². The Labute approximate surface area is 120 Å². The first kappa shape index (κ1) is 13.6. The minimum absolute atomic E-state index is 0.0523. The number of carbonyl (C=O) groups is 1. The summed E-state index contributed by atoms with van der Waals surface area (Å²) in [5, 5.41) is 3.15. The molecule has 1 amide bonds. The van der Waals surface area contributed by atoms with Gasteiger partial charge in [-0.05, 0) is 42.9 Å². The Kier molecular flexibility index (Phi) is 3.79. The van der Waals surface area contributed by atoms with Gasteiger partial charge in [-0.15, -0.1) is 0 Å². The predicted molar refractivity (Wildman–Crippen MR) is 78.7 cm³/mol. The van der Waals surface area contributed by atoms with Crippen LogP contribution in [-0.4, -0.2) is 24.7 Å². The van der Waals surface area contributed by atoms with Crippen LogP contribution in [0.1, 0.15) is 42.6 Å². The number of ether oxygens (including phenoxy) is 1. The third-order valence-corrected chi connectivity index (χ3v) is 4.44. The van der Waals surface area contributed by atoms with E-state index < -0.39 is 0 Å². The largest absolute Gasteiger partial charge is 0.378 e. The minimum Gasteiger partial charge on any atom is -0.378 e. The van der Waals surface area contributed by atoms with Crippen molar-refractivity contribution in [2.24, 2.45) is 11.8 Å². The van der Waals surface area contributed by atoms with Crippen molar-refractivity contribution in [1.29, 1.82) is 0 Å². The van der Waals surface area contributed by atoms with Crippen LogP contribution in [-0.2, 0) is 11.2 Å². The van der Waals surface area contributed by atoms with Crippen LogP contribution >= 0.6 is 0 Å². The van der Waals surface area contributed by atoms with Crippen LogP contribution in [0.4, 0.5) is 0 Å². The van der Waals surface area contributed by atoms with Gasteiger partial charge in [0, 0.05) is 24.1 Å². The first-order chi connectivity index (χ1) is 9.63. The Morgan fingerprint density at radius 3 is 2.75 bits per heavy atom. The molecule has 1 N–H and O–H groups in total. The number of benzene rings is 1. The molecule has 1 saturated carbocycles. The minimum atomic E-state index is 0.0523. The van der Waals surface area contributed by atoms with Crippen molar-refractivity contribution in [1.82, 2.24) is 5.32 Å². The molecule has 2 fully saturated rings. The van der Waals surface area contributed by atoms with E-state index in [4.69, 9.17) is 4.74 Å². The summed E-state index contributed by atoms with van der Waals surface area (Å²) in [6.45, 7) is 5.26. The smallest absolute Gasteiger partial charge is 0.251 e. The lowest BCUT2D eigenvalue weighted by Gasteiger charge is -2.39. The molecule has 3 nitrogen and oxygen atoms in total. The lowest BCUT2D eigenvalue weighted by molar-refractivity contribution is 0.00810. The molecule has 3 rings (SSSR count). The first-order valence-electron chi connectivity index (χ1n) is 7.65. The fraction of sp³-hybridized carbons (Fsp3) is 0.588. The fourth-order valence-corrected chi connectivity index (χ4v) is 3.28. The molecule has 0 spiro atoms. The van der Waals surface area contributed by atoms with E-state index >= 15 is 0 Å². The van der Waals surface area contributed by atoms with Crippen molar-refractivity contribution in [3.8, 4) is 0 Å². The number of amides is 1. The molecule has 0 radical (unpaired) electrons. The number of fused-ring (bicyclic) bond motifs is 1. The van der Waals surface area contributed by atoms with E-state index in [2.05, 4.69) is 31.3 Å². The van der Waals surface area contributed by atoms with Crippen molar-refractivity contribution in [3.63, 3.8) is 0 Å². The van der Waals surface area contributed by atoms with E-state index in [1.807, 2.05) is 12.1 Å². The van der Waals surface area contributed by atoms with Gasteiger partial charge in [0.2, 0.25) is 0 Å². The maximum absolute atomic E-state index is 12.2. The topological polar surface area (TPSA) is 38.3 Å². The van der Waals surface area contributed by atoms with Gasteiger partial charge < -0.3 is 10.1 Å². The highest BCUT2D eigenvalue weighted by Gasteiger charge is 2.45. The Hall–Kier alpha value is -1.35. The Morgan fingerprint density at radius 2 is 2.10 bits per heavy atom. The number of hydrogen-bond donors (Lipinski definition) is 1. The molecule has 108 valence electrons. The van der Waals surface area contributed by atoms with Gasteiger partial charge in [0.25, 0.3) is 5.91 Å². The van der Waals surface area contributed by atoms with E-state index in [0.29, 0.717) is 24.0 Å². The summed E-state index contributed by atoms with van der Waals surface area (Å²) in [5.41, 5.74) is 2.06. The van der Waals surface area contributed by atoms with Crippen LogP contribution in [0.3, 0.4) is 0 Å². The fourth-order valence-electron chi connectivity index (χ4n) is 3.28. The zero-order valence-corrected chi connectivity index (χ0v) is 12.3. The molecule has 3 atom stereocenters. The van der Waals surface area contributed by atoms with Crippen molar-refractivity contribution >= 4 is 5.91 Å². The van der Waals surface area contributed by atoms with Gasteiger partial charge in [-0.1, -0.05) is 26.0 Å². The molecule has 1 aliphatic carbocycles. The second-order valence-electron chi connectivity index (χ2n) is 6.47. The molecular formula is C17H23NO2. The molecule has 1 aliphatic heterocycles. The van der Waals surface area contributed by atoms with Gasteiger partial charge in [-0.3, -0.25) is 4.79 Å². The Morgan fingerprint density at radius 1 is 1.35 bits per heavy atom. The zero-order valence-electron chi connectivity index (χ0n) is 12.3. The zero-order chi connectivity index (χ0) is 14.1. The molecule has 3 heteroatoms. The highest BCUT2D eigenvalue weighted by molar-refractivity contribution is 5.94. The molecule has 1 aromatic carbocycles. The molecule has 2 aliphatic rings. The van der Waals surface area contributed by atoms with E-state index in [9.17, 15) is 4.79 Å². The van der Waals surface area contributed by atoms with E-state index in [-0.39, 0.29) is 5.91 Å². The molecular weight excluding hydrogens is 250 g/mol. The van der Waals surface area contributed by atoms with Gasteiger partial charge in [-0.25, -0.2) is 0 Å². The van der Waals surface area contributed by atoms with E-state index in [0.717, 1.165) is 31.4 Å². The van der Waals surface area contributed by atoms with Gasteiger partial charge in [0.1, 0.15) is 0 Å². The molecule has 1 saturated heterocycles. The van der Waals surface area contributed by atoms with Crippen LogP contribution in [0.2, 0.25) is 0 Å². The number of hydrogen-bond acceptors (Lipinski definition) is 2. The van der Waals surface area contributed by atoms with Crippen LogP contribution in [0.15, 0.2) is 24.3 Å². The second kappa shape index (κ2) is 5.57. The van der Waals surface area contributed by atoms with E-state index in [1.54, 1.807) is 0 Å². The summed E-state index contributed by atoms with van der Waals surface area (Å²) in [4.78, 5) is 12.2. The van der Waals surface area contributed by atoms with Gasteiger partial charge in [0.05, 0.1) is 6.10 Å². The van der Waals surface area contributed by atoms with Crippen molar-refractivity contribution < 1.29 is 9.53 Å². The number of carbonyl (C=O) groups excluding carboxylic acids is 1. The molecule has 0 bridgehead atoms. The average molecular weight is 273 g/mol. The maximum Gasteiger partial charge on any atom is 0.251 e. The summed E-state index contributed by atoms with van der Waals surface area (Å²) >= 11 is 0. The van der Waals surface area contributed by atoms with Crippen molar-refractivity contribution in [3.05, 3.63) is 35.4 Å². The summed E-state index contributed by atoms with van der Waals surface area (Å²) in [5.74, 6) is 1.24. The lowest BCUT2D eigenvalue weighted by atomic mass is 9.76.